The van der Waals surface area contributed by atoms with Crippen molar-refractivity contribution in [2.75, 3.05) is 26.4 Å². The first-order chi connectivity index (χ1) is 28.6. The van der Waals surface area contributed by atoms with Gasteiger partial charge in [0.15, 0.2) is 0 Å². The maximum atomic E-state index is 4.83. The van der Waals surface area contributed by atoms with Gasteiger partial charge in [-0.2, -0.15) is 0 Å². The van der Waals surface area contributed by atoms with Crippen molar-refractivity contribution in [1.82, 2.24) is 0 Å². The summed E-state index contributed by atoms with van der Waals surface area (Å²) in [4.78, 5) is 0. The van der Waals surface area contributed by atoms with Crippen LogP contribution in [0.3, 0.4) is 0 Å². The van der Waals surface area contributed by atoms with Crippen LogP contribution in [0.5, 0.6) is 0 Å². The summed E-state index contributed by atoms with van der Waals surface area (Å²) in [7, 11) is 0. The Morgan fingerprint density at radius 1 is 0.323 bits per heavy atom. The van der Waals surface area contributed by atoms with E-state index in [1.807, 2.05) is 27.7 Å². The van der Waals surface area contributed by atoms with Gasteiger partial charge in [-0.3, -0.25) is 0 Å². The molecule has 340 valence electrons. The normalized spacial score (nSPS) is 11.7. The zero-order valence-electron chi connectivity index (χ0n) is 44.5. The van der Waals surface area contributed by atoms with Crippen LogP contribution in [0.2, 0.25) is 0 Å². The van der Waals surface area contributed by atoms with Gasteiger partial charge in [0.2, 0.25) is 0 Å². The topological polar surface area (TPSA) is 18.5 Å². The molecule has 0 aromatic heterocycles. The van der Waals surface area contributed by atoms with Crippen LogP contribution in [0.4, 0.5) is 0 Å². The van der Waals surface area contributed by atoms with E-state index >= 15 is 0 Å². The second-order valence-electron chi connectivity index (χ2n) is 19.9. The molecular formula is C59H91LiO2. The van der Waals surface area contributed by atoms with Gasteiger partial charge in [0.05, 0.1) is 0 Å². The third-order valence-electron chi connectivity index (χ3n) is 11.9. The van der Waals surface area contributed by atoms with Crippen molar-refractivity contribution in [3.63, 3.8) is 0 Å². The molecule has 4 aromatic rings. The van der Waals surface area contributed by atoms with Gasteiger partial charge in [-0.1, -0.05) is 200 Å². The molecule has 0 bridgehead atoms. The Bertz CT molecular complexity index is 1620. The van der Waals surface area contributed by atoms with E-state index in [9.17, 15) is 0 Å². The van der Waals surface area contributed by atoms with Crippen LogP contribution in [0, 0.1) is 6.07 Å². The first-order valence-corrected chi connectivity index (χ1v) is 24.3. The SMILES string of the molecule is CC(C)c1cc(C(C)C)c(-c2[c-]c(-c3c(C(C)C)cc(C(C)C)cc3C(C)C)cc(-c3c(C(C)C)cc(C(C)C)cc3C(C)C)c2)c(C(C)C)c1.CCOCC.CCOCC.[Li+]. The monoisotopic (exact) mass is 839 g/mol. The van der Waals surface area contributed by atoms with Gasteiger partial charge >= 0.3 is 18.9 Å². The Hall–Kier alpha value is -2.60. The van der Waals surface area contributed by atoms with E-state index in [-0.39, 0.29) is 18.9 Å². The Balaban J connectivity index is 0.00000157. The summed E-state index contributed by atoms with van der Waals surface area (Å²) in [6.07, 6.45) is 0. The van der Waals surface area contributed by atoms with Crippen molar-refractivity contribution in [2.24, 2.45) is 0 Å². The minimum Gasteiger partial charge on any atom is -0.382 e. The van der Waals surface area contributed by atoms with Crippen molar-refractivity contribution in [1.29, 1.82) is 0 Å². The quantitative estimate of drug-likeness (QED) is 0.0827. The van der Waals surface area contributed by atoms with Crippen LogP contribution in [0.1, 0.15) is 256 Å². The van der Waals surface area contributed by atoms with Crippen LogP contribution in [-0.4, -0.2) is 26.4 Å². The number of hydrogen-bond acceptors (Lipinski definition) is 2. The molecule has 0 aliphatic heterocycles. The van der Waals surface area contributed by atoms with Crippen LogP contribution in [0.25, 0.3) is 33.4 Å². The molecule has 3 heteroatoms. The Kier molecular flexibility index (Phi) is 25.0. The maximum Gasteiger partial charge on any atom is 1.00 e. The number of rotatable bonds is 16. The van der Waals surface area contributed by atoms with E-state index in [2.05, 4.69) is 179 Å². The Morgan fingerprint density at radius 2 is 0.532 bits per heavy atom. The number of benzene rings is 4. The van der Waals surface area contributed by atoms with Crippen LogP contribution < -0.4 is 18.9 Å². The first kappa shape index (κ1) is 57.4. The molecule has 62 heavy (non-hydrogen) atoms. The van der Waals surface area contributed by atoms with Crippen LogP contribution in [0.15, 0.2) is 48.5 Å². The van der Waals surface area contributed by atoms with Crippen molar-refractivity contribution in [3.05, 3.63) is 105 Å². The van der Waals surface area contributed by atoms with E-state index < -0.39 is 0 Å². The molecule has 0 radical (unpaired) electrons. The van der Waals surface area contributed by atoms with E-state index in [1.54, 1.807) is 0 Å². The zero-order chi connectivity index (χ0) is 46.5. The smallest absolute Gasteiger partial charge is 0.382 e. The second kappa shape index (κ2) is 27.0. The average molecular weight is 839 g/mol. The standard InChI is InChI=1S/C51H71.2C4H10O.Li/c1-28(2)37-22-43(31(7)8)49(44(23-37)32(9)10)40-19-41(50-45(33(11)12)24-38(29(3)4)25-46(50)34(13)14)21-42(20-40)51-47(35(15)16)26-39(30(5)6)27-48(51)36(17)18;2*1-3-5-4-2;/h19-20,22-36H,1-18H3;2*3-4H2,1-2H3;/q-1;;;+1. The molecular weight excluding hydrogens is 748 g/mol. The second-order valence-corrected chi connectivity index (χ2v) is 19.9. The van der Waals surface area contributed by atoms with Crippen molar-refractivity contribution in [2.45, 2.75) is 206 Å². The van der Waals surface area contributed by atoms with Gasteiger partial charge in [-0.15, -0.1) is 29.3 Å². The molecule has 0 saturated carbocycles. The summed E-state index contributed by atoms with van der Waals surface area (Å²) in [6, 6.07) is 24.3. The predicted octanol–water partition coefficient (Wildman–Crippen LogP) is 15.7. The predicted molar refractivity (Wildman–Crippen MR) is 273 cm³/mol. The van der Waals surface area contributed by atoms with Gasteiger partial charge < -0.3 is 9.47 Å². The van der Waals surface area contributed by atoms with Crippen molar-refractivity contribution >= 4 is 0 Å². The first-order valence-electron chi connectivity index (χ1n) is 24.3. The van der Waals surface area contributed by atoms with Gasteiger partial charge in [0.1, 0.15) is 0 Å². The van der Waals surface area contributed by atoms with Crippen molar-refractivity contribution in [3.8, 4) is 33.4 Å². The zero-order valence-corrected chi connectivity index (χ0v) is 44.5. The van der Waals surface area contributed by atoms with Crippen LogP contribution >= 0.6 is 0 Å². The summed E-state index contributed by atoms with van der Waals surface area (Å²) in [5.74, 6) is 3.80. The summed E-state index contributed by atoms with van der Waals surface area (Å²) >= 11 is 0. The fraction of sp³-hybridized carbons (Fsp3) is 0.593. The molecule has 0 amide bonds. The summed E-state index contributed by atoms with van der Waals surface area (Å²) < 4.78 is 9.67. The molecule has 4 aromatic carbocycles. The van der Waals surface area contributed by atoms with Gasteiger partial charge in [-0.25, -0.2) is 0 Å². The van der Waals surface area contributed by atoms with Crippen molar-refractivity contribution < 1.29 is 28.3 Å². The van der Waals surface area contributed by atoms with Gasteiger partial charge in [-0.05, 0) is 114 Å². The third-order valence-corrected chi connectivity index (χ3v) is 11.9. The minimum atomic E-state index is 0. The fourth-order valence-electron chi connectivity index (χ4n) is 8.21. The third kappa shape index (κ3) is 15.3. The largest absolute Gasteiger partial charge is 1.00 e. The molecule has 0 atom stereocenters. The summed E-state index contributed by atoms with van der Waals surface area (Å²) in [5.41, 5.74) is 21.0. The van der Waals surface area contributed by atoms with Gasteiger partial charge in [0.25, 0.3) is 0 Å². The molecule has 0 unspecified atom stereocenters. The van der Waals surface area contributed by atoms with Crippen LogP contribution in [-0.2, 0) is 9.47 Å². The molecule has 2 nitrogen and oxygen atoms in total. The number of ether oxygens (including phenoxy) is 2. The molecule has 0 aliphatic rings. The molecule has 0 N–H and O–H groups in total. The Labute approximate surface area is 396 Å². The molecule has 4 rings (SSSR count). The summed E-state index contributed by atoms with van der Waals surface area (Å²) in [5, 5.41) is 0. The molecule has 0 fully saturated rings. The fourth-order valence-corrected chi connectivity index (χ4v) is 8.21. The molecule has 0 spiro atoms. The average Bonchev–Trinajstić information content (AvgIpc) is 3.19. The number of hydrogen-bond donors (Lipinski definition) is 0. The van der Waals surface area contributed by atoms with E-state index in [4.69, 9.17) is 9.47 Å². The maximum absolute atomic E-state index is 4.83. The summed E-state index contributed by atoms with van der Waals surface area (Å²) in [6.45, 7) is 53.8. The molecule has 0 heterocycles. The van der Waals surface area contributed by atoms with E-state index in [1.165, 1.54) is 83.5 Å². The molecule has 0 aliphatic carbocycles. The van der Waals surface area contributed by atoms with E-state index in [0.717, 1.165) is 26.4 Å². The Morgan fingerprint density at radius 3 is 0.694 bits per heavy atom. The minimum absolute atomic E-state index is 0. The molecule has 0 saturated heterocycles. The van der Waals surface area contributed by atoms with Gasteiger partial charge in [0, 0.05) is 26.4 Å². The van der Waals surface area contributed by atoms with E-state index in [0.29, 0.717) is 53.3 Å².